The molecule has 2 atom stereocenters. The molecule has 0 N–H and O–H groups in total. The van der Waals surface area contributed by atoms with Crippen LogP contribution in [0.15, 0.2) is 36.7 Å². The van der Waals surface area contributed by atoms with Gasteiger partial charge in [-0.05, 0) is 37.6 Å². The van der Waals surface area contributed by atoms with Gasteiger partial charge in [-0.15, -0.1) is 11.3 Å². The summed E-state index contributed by atoms with van der Waals surface area (Å²) >= 11 is 1.85. The summed E-state index contributed by atoms with van der Waals surface area (Å²) in [5, 5.41) is 0. The molecule has 1 amide bonds. The number of ether oxygens (including phenoxy) is 1. The summed E-state index contributed by atoms with van der Waals surface area (Å²) in [4.78, 5) is 24.2. The van der Waals surface area contributed by atoms with E-state index in [9.17, 15) is 4.79 Å². The van der Waals surface area contributed by atoms with Crippen LogP contribution in [0.4, 0.5) is 0 Å². The molecule has 4 rings (SSSR count). The van der Waals surface area contributed by atoms with E-state index in [1.54, 1.807) is 24.5 Å². The predicted octanol–water partition coefficient (Wildman–Crippen LogP) is 2.57. The molecule has 0 unspecified atom stereocenters. The first kappa shape index (κ1) is 16.7. The molecule has 2 aliphatic rings. The first-order valence-electron chi connectivity index (χ1n) is 8.81. The highest BCUT2D eigenvalue weighted by Gasteiger charge is 2.39. The Hall–Kier alpha value is -1.76. The number of nitrogens with zero attached hydrogens (tertiary/aromatic N) is 3. The highest BCUT2D eigenvalue weighted by molar-refractivity contribution is 7.11. The van der Waals surface area contributed by atoms with Crippen molar-refractivity contribution < 1.29 is 9.53 Å². The number of carbonyl (C=O) groups is 1. The van der Waals surface area contributed by atoms with E-state index in [0.29, 0.717) is 18.7 Å². The number of rotatable bonds is 3. The Kier molecular flexibility index (Phi) is 4.83. The highest BCUT2D eigenvalue weighted by Crippen LogP contribution is 2.26. The molecule has 25 heavy (non-hydrogen) atoms. The Labute approximate surface area is 152 Å². The molecule has 4 heterocycles. The fraction of sp³-hybridized carbons (Fsp3) is 0.474. The topological polar surface area (TPSA) is 45.7 Å². The number of morpholine rings is 1. The van der Waals surface area contributed by atoms with Gasteiger partial charge in [0.15, 0.2) is 0 Å². The van der Waals surface area contributed by atoms with Gasteiger partial charge < -0.3 is 9.64 Å². The summed E-state index contributed by atoms with van der Waals surface area (Å²) < 4.78 is 5.97. The summed E-state index contributed by atoms with van der Waals surface area (Å²) in [5.41, 5.74) is 0.710. The van der Waals surface area contributed by atoms with Crippen molar-refractivity contribution in [2.45, 2.75) is 32.0 Å². The molecule has 2 aromatic rings. The van der Waals surface area contributed by atoms with Crippen LogP contribution in [0.25, 0.3) is 0 Å². The van der Waals surface area contributed by atoms with Crippen LogP contribution in [-0.2, 0) is 11.3 Å². The summed E-state index contributed by atoms with van der Waals surface area (Å²) in [7, 11) is 0. The summed E-state index contributed by atoms with van der Waals surface area (Å²) in [5.74, 6) is 0.0921. The number of hydrogen-bond acceptors (Lipinski definition) is 5. The van der Waals surface area contributed by atoms with Crippen LogP contribution in [0.5, 0.6) is 0 Å². The molecule has 2 aliphatic heterocycles. The molecule has 0 saturated carbocycles. The van der Waals surface area contributed by atoms with Crippen molar-refractivity contribution in [1.82, 2.24) is 14.8 Å². The maximum Gasteiger partial charge on any atom is 0.254 e. The van der Waals surface area contributed by atoms with Gasteiger partial charge in [-0.25, -0.2) is 0 Å². The van der Waals surface area contributed by atoms with Crippen LogP contribution in [0.2, 0.25) is 0 Å². The molecular weight excluding hydrogens is 334 g/mol. The fourth-order valence-electron chi connectivity index (χ4n) is 3.78. The molecule has 0 aromatic carbocycles. The predicted molar refractivity (Wildman–Crippen MR) is 97.8 cm³/mol. The molecule has 2 fully saturated rings. The minimum absolute atomic E-state index is 0.0921. The number of fused-ring (bicyclic) bond motifs is 1. The van der Waals surface area contributed by atoms with Crippen molar-refractivity contribution in [2.24, 2.45) is 0 Å². The van der Waals surface area contributed by atoms with Crippen LogP contribution in [0.1, 0.15) is 26.5 Å². The fourth-order valence-corrected chi connectivity index (χ4v) is 4.72. The third-order valence-corrected chi connectivity index (χ3v) is 6.02. The van der Waals surface area contributed by atoms with Crippen LogP contribution in [0, 0.1) is 6.92 Å². The maximum atomic E-state index is 12.9. The molecule has 0 bridgehead atoms. The smallest absolute Gasteiger partial charge is 0.254 e. The zero-order valence-electron chi connectivity index (χ0n) is 14.4. The average molecular weight is 357 g/mol. The van der Waals surface area contributed by atoms with E-state index in [1.165, 1.54) is 9.75 Å². The van der Waals surface area contributed by atoms with Crippen molar-refractivity contribution in [3.63, 3.8) is 0 Å². The van der Waals surface area contributed by atoms with Crippen molar-refractivity contribution >= 4 is 17.2 Å². The number of piperidine rings is 1. The summed E-state index contributed by atoms with van der Waals surface area (Å²) in [6, 6.07) is 8.10. The van der Waals surface area contributed by atoms with Crippen LogP contribution < -0.4 is 0 Å². The van der Waals surface area contributed by atoms with Gasteiger partial charge in [0.05, 0.1) is 18.8 Å². The van der Waals surface area contributed by atoms with Crippen LogP contribution >= 0.6 is 11.3 Å². The van der Waals surface area contributed by atoms with Crippen molar-refractivity contribution in [2.75, 3.05) is 26.2 Å². The van der Waals surface area contributed by atoms with Gasteiger partial charge in [0.1, 0.15) is 0 Å². The van der Waals surface area contributed by atoms with Gasteiger partial charge in [-0.2, -0.15) is 0 Å². The third kappa shape index (κ3) is 3.61. The maximum absolute atomic E-state index is 12.9. The van der Waals surface area contributed by atoms with E-state index in [0.717, 1.165) is 26.1 Å². The number of amides is 1. The number of hydrogen-bond donors (Lipinski definition) is 0. The zero-order chi connectivity index (χ0) is 17.2. The lowest BCUT2D eigenvalue weighted by molar-refractivity contribution is -0.0913. The van der Waals surface area contributed by atoms with Gasteiger partial charge in [0.2, 0.25) is 0 Å². The lowest BCUT2D eigenvalue weighted by Gasteiger charge is -2.47. The van der Waals surface area contributed by atoms with Gasteiger partial charge in [-0.3, -0.25) is 14.7 Å². The lowest BCUT2D eigenvalue weighted by atomic mass is 9.97. The number of thiophene rings is 1. The molecule has 5 nitrogen and oxygen atoms in total. The quantitative estimate of drug-likeness (QED) is 0.847. The first-order valence-corrected chi connectivity index (χ1v) is 9.62. The largest absolute Gasteiger partial charge is 0.374 e. The van der Waals surface area contributed by atoms with E-state index in [-0.39, 0.29) is 18.1 Å². The molecule has 132 valence electrons. The number of aryl methyl sites for hydroxylation is 1. The zero-order valence-corrected chi connectivity index (χ0v) is 15.2. The van der Waals surface area contributed by atoms with Crippen molar-refractivity contribution in [3.8, 4) is 0 Å². The Morgan fingerprint density at radius 3 is 2.88 bits per heavy atom. The standard InChI is InChI=1S/C19H23N3O2S/c1-14-2-3-16(25-14)12-21-9-6-18-17(13-21)22(10-11-24-18)19(23)15-4-7-20-8-5-15/h2-5,7-8,17-18H,6,9-13H2,1H3/t17-,18-/m1/s1. The third-order valence-electron chi connectivity index (χ3n) is 5.03. The monoisotopic (exact) mass is 357 g/mol. The van der Waals surface area contributed by atoms with Crippen LogP contribution in [0.3, 0.4) is 0 Å². The Morgan fingerprint density at radius 2 is 2.12 bits per heavy atom. The molecular formula is C19H23N3O2S. The molecule has 2 aromatic heterocycles. The van der Waals surface area contributed by atoms with E-state index in [1.807, 2.05) is 16.2 Å². The Balaban J connectivity index is 1.48. The summed E-state index contributed by atoms with van der Waals surface area (Å²) in [6.45, 7) is 6.29. The van der Waals surface area contributed by atoms with Gasteiger partial charge in [-0.1, -0.05) is 0 Å². The van der Waals surface area contributed by atoms with E-state index in [2.05, 4.69) is 28.9 Å². The molecule has 2 saturated heterocycles. The SMILES string of the molecule is Cc1ccc(CN2CC[C@H]3OCCN(C(=O)c4ccncc4)[C@@H]3C2)s1. The average Bonchev–Trinajstić information content (AvgIpc) is 3.06. The molecule has 6 heteroatoms. The Morgan fingerprint density at radius 1 is 1.28 bits per heavy atom. The van der Waals surface area contributed by atoms with Gasteiger partial charge >= 0.3 is 0 Å². The van der Waals surface area contributed by atoms with Crippen molar-refractivity contribution in [1.29, 1.82) is 0 Å². The second kappa shape index (κ2) is 7.23. The van der Waals surface area contributed by atoms with E-state index in [4.69, 9.17) is 4.74 Å². The Bertz CT molecular complexity index is 733. The minimum Gasteiger partial charge on any atom is -0.374 e. The summed E-state index contributed by atoms with van der Waals surface area (Å²) in [6.07, 6.45) is 4.49. The van der Waals surface area contributed by atoms with E-state index >= 15 is 0 Å². The number of likely N-dealkylation sites (tertiary alicyclic amines) is 1. The minimum atomic E-state index is 0.0921. The normalized spacial score (nSPS) is 24.1. The molecule has 0 spiro atoms. The van der Waals surface area contributed by atoms with Crippen molar-refractivity contribution in [3.05, 3.63) is 52.0 Å². The number of pyridine rings is 1. The second-order valence-electron chi connectivity index (χ2n) is 6.75. The first-order chi connectivity index (χ1) is 12.2. The highest BCUT2D eigenvalue weighted by atomic mass is 32.1. The van der Waals surface area contributed by atoms with Gasteiger partial charge in [0, 0.05) is 53.9 Å². The molecule has 0 radical (unpaired) electrons. The van der Waals surface area contributed by atoms with Crippen LogP contribution in [-0.4, -0.2) is 59.1 Å². The lowest BCUT2D eigenvalue weighted by Crippen LogP contribution is -2.61. The number of carbonyl (C=O) groups excluding carboxylic acids is 1. The van der Waals surface area contributed by atoms with E-state index < -0.39 is 0 Å². The molecule has 0 aliphatic carbocycles. The number of aromatic nitrogens is 1. The van der Waals surface area contributed by atoms with Gasteiger partial charge in [0.25, 0.3) is 5.91 Å². The second-order valence-corrected chi connectivity index (χ2v) is 8.12.